The Morgan fingerprint density at radius 1 is 1.46 bits per heavy atom. The molecule has 74 valence electrons. The summed E-state index contributed by atoms with van der Waals surface area (Å²) in [4.78, 5) is 0. The van der Waals surface area contributed by atoms with Gasteiger partial charge in [0, 0.05) is 6.42 Å². The molecule has 1 aliphatic heterocycles. The van der Waals surface area contributed by atoms with Crippen molar-refractivity contribution in [1.82, 2.24) is 5.32 Å². The molecule has 0 aliphatic carbocycles. The Morgan fingerprint density at radius 2 is 2.15 bits per heavy atom. The van der Waals surface area contributed by atoms with Gasteiger partial charge in [-0.05, 0) is 44.7 Å². The maximum Gasteiger partial charge on any atom is 0.103 e. The monoisotopic (exact) mass is 183 g/mol. The van der Waals surface area contributed by atoms with Crippen LogP contribution in [-0.2, 0) is 0 Å². The summed E-state index contributed by atoms with van der Waals surface area (Å²) in [7, 11) is 0. The molecule has 0 radical (unpaired) electrons. The zero-order valence-corrected chi connectivity index (χ0v) is 8.06. The largest absolute Gasteiger partial charge is 0.317 e. The molecular formula is C11H18FN. The molecule has 0 spiro atoms. The standard InChI is InChI=1S/C11H18FN/c1-2-3-4-5-11(12)10-6-8-13-9-7-10/h1,10-11,13H,3-9H2. The van der Waals surface area contributed by atoms with Crippen molar-refractivity contribution in [2.24, 2.45) is 5.92 Å². The zero-order chi connectivity index (χ0) is 9.52. The molecule has 1 heterocycles. The van der Waals surface area contributed by atoms with Crippen LogP contribution in [-0.4, -0.2) is 19.3 Å². The highest BCUT2D eigenvalue weighted by atomic mass is 19.1. The summed E-state index contributed by atoms with van der Waals surface area (Å²) in [6.45, 7) is 1.94. The van der Waals surface area contributed by atoms with E-state index < -0.39 is 6.17 Å². The summed E-state index contributed by atoms with van der Waals surface area (Å²) in [5.74, 6) is 2.82. The fraction of sp³-hybridized carbons (Fsp3) is 0.818. The third-order valence-electron chi connectivity index (χ3n) is 2.70. The molecule has 0 bridgehead atoms. The molecule has 1 rings (SSSR count). The van der Waals surface area contributed by atoms with Gasteiger partial charge in [0.25, 0.3) is 0 Å². The molecule has 1 nitrogen and oxygen atoms in total. The summed E-state index contributed by atoms with van der Waals surface area (Å²) >= 11 is 0. The van der Waals surface area contributed by atoms with E-state index in [4.69, 9.17) is 6.42 Å². The van der Waals surface area contributed by atoms with Crippen molar-refractivity contribution in [2.75, 3.05) is 13.1 Å². The van der Waals surface area contributed by atoms with Crippen LogP contribution in [0.15, 0.2) is 0 Å². The van der Waals surface area contributed by atoms with Crippen LogP contribution >= 0.6 is 0 Å². The number of hydrogen-bond acceptors (Lipinski definition) is 1. The van der Waals surface area contributed by atoms with E-state index in [0.29, 0.717) is 12.8 Å². The Hall–Kier alpha value is -0.550. The first-order valence-electron chi connectivity index (χ1n) is 5.13. The van der Waals surface area contributed by atoms with E-state index in [9.17, 15) is 4.39 Å². The highest BCUT2D eigenvalue weighted by Gasteiger charge is 2.22. The van der Waals surface area contributed by atoms with Crippen molar-refractivity contribution in [3.05, 3.63) is 0 Å². The van der Waals surface area contributed by atoms with Gasteiger partial charge in [0.05, 0.1) is 0 Å². The third kappa shape index (κ3) is 3.78. The van der Waals surface area contributed by atoms with Gasteiger partial charge >= 0.3 is 0 Å². The van der Waals surface area contributed by atoms with Gasteiger partial charge in [-0.2, -0.15) is 0 Å². The smallest absolute Gasteiger partial charge is 0.103 e. The summed E-state index contributed by atoms with van der Waals surface area (Å²) in [6.07, 6.45) is 8.64. The average Bonchev–Trinajstić information content (AvgIpc) is 2.19. The SMILES string of the molecule is C#CCCCC(F)C1CCNCC1. The van der Waals surface area contributed by atoms with Gasteiger partial charge in [0.2, 0.25) is 0 Å². The maximum absolute atomic E-state index is 13.5. The van der Waals surface area contributed by atoms with Crippen molar-refractivity contribution >= 4 is 0 Å². The highest BCUT2D eigenvalue weighted by molar-refractivity contribution is 4.84. The van der Waals surface area contributed by atoms with E-state index in [1.165, 1.54) is 0 Å². The van der Waals surface area contributed by atoms with Crippen molar-refractivity contribution in [2.45, 2.75) is 38.3 Å². The van der Waals surface area contributed by atoms with Crippen LogP contribution < -0.4 is 5.32 Å². The molecule has 1 unspecified atom stereocenters. The number of halogens is 1. The lowest BCUT2D eigenvalue weighted by molar-refractivity contribution is 0.175. The predicted octanol–water partition coefficient (Wildman–Crippen LogP) is 2.13. The van der Waals surface area contributed by atoms with Crippen molar-refractivity contribution in [1.29, 1.82) is 0 Å². The summed E-state index contributed by atoms with van der Waals surface area (Å²) in [6, 6.07) is 0. The average molecular weight is 183 g/mol. The van der Waals surface area contributed by atoms with Gasteiger partial charge in [-0.3, -0.25) is 0 Å². The van der Waals surface area contributed by atoms with Crippen molar-refractivity contribution in [3.8, 4) is 12.3 Å². The number of nitrogens with one attached hydrogen (secondary N) is 1. The van der Waals surface area contributed by atoms with E-state index in [0.717, 1.165) is 32.4 Å². The van der Waals surface area contributed by atoms with E-state index in [1.807, 2.05) is 0 Å². The third-order valence-corrected chi connectivity index (χ3v) is 2.70. The first kappa shape index (κ1) is 10.5. The van der Waals surface area contributed by atoms with E-state index in [1.54, 1.807) is 0 Å². The number of hydrogen-bond donors (Lipinski definition) is 1. The Bertz CT molecular complexity index is 167. The van der Waals surface area contributed by atoms with Crippen LogP contribution in [0.5, 0.6) is 0 Å². The fourth-order valence-corrected chi connectivity index (χ4v) is 1.84. The Morgan fingerprint density at radius 3 is 2.77 bits per heavy atom. The summed E-state index contributed by atoms with van der Waals surface area (Å²) in [5.41, 5.74) is 0. The minimum absolute atomic E-state index is 0.277. The van der Waals surface area contributed by atoms with E-state index in [-0.39, 0.29) is 5.92 Å². The maximum atomic E-state index is 13.5. The van der Waals surface area contributed by atoms with Crippen LogP contribution in [0.25, 0.3) is 0 Å². The number of rotatable bonds is 4. The lowest BCUT2D eigenvalue weighted by atomic mass is 9.90. The van der Waals surface area contributed by atoms with Crippen LogP contribution in [0, 0.1) is 18.3 Å². The molecule has 2 heteroatoms. The molecule has 0 aromatic heterocycles. The Kier molecular flexibility index (Phi) is 4.85. The van der Waals surface area contributed by atoms with Crippen molar-refractivity contribution in [3.63, 3.8) is 0 Å². The number of piperidine rings is 1. The second-order valence-corrected chi connectivity index (χ2v) is 3.70. The molecule has 1 fully saturated rings. The Labute approximate surface area is 80.1 Å². The van der Waals surface area contributed by atoms with Gasteiger partial charge < -0.3 is 5.32 Å². The van der Waals surface area contributed by atoms with Crippen LogP contribution in [0.2, 0.25) is 0 Å². The molecule has 0 saturated carbocycles. The van der Waals surface area contributed by atoms with Gasteiger partial charge in [-0.25, -0.2) is 4.39 Å². The molecule has 1 N–H and O–H groups in total. The zero-order valence-electron chi connectivity index (χ0n) is 8.06. The summed E-state index contributed by atoms with van der Waals surface area (Å²) in [5, 5.41) is 3.24. The molecule has 1 saturated heterocycles. The minimum Gasteiger partial charge on any atom is -0.317 e. The van der Waals surface area contributed by atoms with Gasteiger partial charge in [0.1, 0.15) is 6.17 Å². The van der Waals surface area contributed by atoms with E-state index in [2.05, 4.69) is 11.2 Å². The second-order valence-electron chi connectivity index (χ2n) is 3.70. The van der Waals surface area contributed by atoms with Gasteiger partial charge in [0.15, 0.2) is 0 Å². The second kappa shape index (κ2) is 5.99. The number of unbranched alkanes of at least 4 members (excludes halogenated alkanes) is 1. The number of alkyl halides is 1. The van der Waals surface area contributed by atoms with Gasteiger partial charge in [-0.1, -0.05) is 0 Å². The van der Waals surface area contributed by atoms with E-state index >= 15 is 0 Å². The normalized spacial score (nSPS) is 20.9. The molecule has 0 aromatic rings. The molecular weight excluding hydrogens is 165 g/mol. The number of terminal acetylenes is 1. The topological polar surface area (TPSA) is 12.0 Å². The molecule has 1 aliphatic rings. The van der Waals surface area contributed by atoms with Crippen LogP contribution in [0.4, 0.5) is 4.39 Å². The molecule has 0 amide bonds. The molecule has 1 atom stereocenters. The fourth-order valence-electron chi connectivity index (χ4n) is 1.84. The summed E-state index contributed by atoms with van der Waals surface area (Å²) < 4.78 is 13.5. The highest BCUT2D eigenvalue weighted by Crippen LogP contribution is 2.22. The first-order valence-corrected chi connectivity index (χ1v) is 5.13. The van der Waals surface area contributed by atoms with Crippen LogP contribution in [0.1, 0.15) is 32.1 Å². The first-order chi connectivity index (χ1) is 6.34. The quantitative estimate of drug-likeness (QED) is 0.520. The molecule has 13 heavy (non-hydrogen) atoms. The van der Waals surface area contributed by atoms with Crippen molar-refractivity contribution < 1.29 is 4.39 Å². The lowest BCUT2D eigenvalue weighted by Gasteiger charge is -2.25. The minimum atomic E-state index is -0.629. The molecule has 0 aromatic carbocycles. The lowest BCUT2D eigenvalue weighted by Crippen LogP contribution is -2.32. The van der Waals surface area contributed by atoms with Crippen LogP contribution in [0.3, 0.4) is 0 Å². The Balaban J connectivity index is 2.14. The predicted molar refractivity (Wildman–Crippen MR) is 53.2 cm³/mol. The van der Waals surface area contributed by atoms with Gasteiger partial charge in [-0.15, -0.1) is 12.3 Å².